The molecule has 0 radical (unpaired) electrons. The summed E-state index contributed by atoms with van der Waals surface area (Å²) in [5.74, 6) is 0.218. The van der Waals surface area contributed by atoms with Gasteiger partial charge in [-0.25, -0.2) is 4.79 Å². The summed E-state index contributed by atoms with van der Waals surface area (Å²) in [6.45, 7) is 3.07. The molecule has 2 heterocycles. The number of aryl methyl sites for hydroxylation is 1. The number of likely N-dealkylation sites (N-methyl/N-ethyl adjacent to an activating group) is 1. The van der Waals surface area contributed by atoms with Crippen molar-refractivity contribution >= 4 is 11.9 Å². The third kappa shape index (κ3) is 3.53. The molecule has 1 aromatic rings. The fraction of sp³-hybridized carbons (Fsp3) is 0.643. The summed E-state index contributed by atoms with van der Waals surface area (Å²) in [5, 5.41) is 6.92. The molecular formula is C14H23N5O2. The third-order valence-corrected chi connectivity index (χ3v) is 3.82. The Morgan fingerprint density at radius 1 is 1.48 bits per heavy atom. The number of aromatic nitrogens is 2. The van der Waals surface area contributed by atoms with Crippen LogP contribution in [0, 0.1) is 0 Å². The molecule has 1 saturated heterocycles. The van der Waals surface area contributed by atoms with Crippen LogP contribution in [0.2, 0.25) is 0 Å². The second kappa shape index (κ2) is 6.15. The molecule has 7 heteroatoms. The van der Waals surface area contributed by atoms with Crippen molar-refractivity contribution in [1.29, 1.82) is 0 Å². The van der Waals surface area contributed by atoms with E-state index in [1.807, 2.05) is 19.4 Å². The number of rotatable bonds is 3. The molecule has 0 aliphatic carbocycles. The van der Waals surface area contributed by atoms with E-state index in [1.165, 1.54) is 4.90 Å². The molecule has 1 aliphatic heterocycles. The number of nitrogens with one attached hydrogen (secondary N) is 1. The van der Waals surface area contributed by atoms with Crippen LogP contribution in [0.3, 0.4) is 0 Å². The Labute approximate surface area is 124 Å². The lowest BCUT2D eigenvalue weighted by Gasteiger charge is -2.22. The van der Waals surface area contributed by atoms with Gasteiger partial charge in [-0.05, 0) is 18.9 Å². The molecule has 0 aromatic carbocycles. The van der Waals surface area contributed by atoms with E-state index in [2.05, 4.69) is 10.4 Å². The molecule has 0 spiro atoms. The van der Waals surface area contributed by atoms with Crippen LogP contribution >= 0.6 is 0 Å². The van der Waals surface area contributed by atoms with Crippen molar-refractivity contribution in [3.63, 3.8) is 0 Å². The summed E-state index contributed by atoms with van der Waals surface area (Å²) in [5.41, 5.74) is 1.16. The molecule has 1 aliphatic rings. The first-order valence-corrected chi connectivity index (χ1v) is 7.13. The van der Waals surface area contributed by atoms with E-state index >= 15 is 0 Å². The minimum Gasteiger partial charge on any atom is -0.347 e. The van der Waals surface area contributed by atoms with Gasteiger partial charge in [0.05, 0.1) is 6.20 Å². The number of carbonyl (C=O) groups excluding carboxylic acids is 2. The molecule has 7 nitrogen and oxygen atoms in total. The summed E-state index contributed by atoms with van der Waals surface area (Å²) in [6.07, 6.45) is 4.77. The minimum absolute atomic E-state index is 0.105. The predicted molar refractivity (Wildman–Crippen MR) is 78.8 cm³/mol. The molecule has 0 saturated carbocycles. The molecular weight excluding hydrogens is 270 g/mol. The monoisotopic (exact) mass is 293 g/mol. The maximum atomic E-state index is 12.2. The highest BCUT2D eigenvalue weighted by molar-refractivity contribution is 5.86. The Bertz CT molecular complexity index is 525. The summed E-state index contributed by atoms with van der Waals surface area (Å²) in [4.78, 5) is 27.2. The van der Waals surface area contributed by atoms with Gasteiger partial charge >= 0.3 is 6.03 Å². The van der Waals surface area contributed by atoms with E-state index in [4.69, 9.17) is 0 Å². The standard InChI is InChI=1S/C14H23N5O2/c1-10(13(20)17(2)3)16-14(21)19-6-5-11(9-19)12-7-15-18(4)8-12/h7-8,10-11H,5-6,9H2,1-4H3,(H,16,21)/t10-,11-/m0/s1. The number of amides is 3. The molecule has 1 aromatic heterocycles. The van der Waals surface area contributed by atoms with Crippen molar-refractivity contribution in [2.45, 2.75) is 25.3 Å². The van der Waals surface area contributed by atoms with Crippen LogP contribution < -0.4 is 5.32 Å². The summed E-state index contributed by atoms with van der Waals surface area (Å²) >= 11 is 0. The number of nitrogens with zero attached hydrogens (tertiary/aromatic N) is 4. The highest BCUT2D eigenvalue weighted by Gasteiger charge is 2.29. The normalized spacial score (nSPS) is 19.4. The number of urea groups is 1. The fourth-order valence-electron chi connectivity index (χ4n) is 2.59. The van der Waals surface area contributed by atoms with Gasteiger partial charge in [-0.15, -0.1) is 0 Å². The predicted octanol–water partition coefficient (Wildman–Crippen LogP) is 0.396. The zero-order chi connectivity index (χ0) is 15.6. The molecule has 0 bridgehead atoms. The van der Waals surface area contributed by atoms with Gasteiger partial charge in [0.15, 0.2) is 0 Å². The minimum atomic E-state index is -0.509. The Hall–Kier alpha value is -2.05. The van der Waals surface area contributed by atoms with Crippen molar-refractivity contribution in [2.75, 3.05) is 27.2 Å². The highest BCUT2D eigenvalue weighted by atomic mass is 16.2. The van der Waals surface area contributed by atoms with Crippen LogP contribution in [0.25, 0.3) is 0 Å². The van der Waals surface area contributed by atoms with Gasteiger partial charge in [-0.2, -0.15) is 5.10 Å². The summed E-state index contributed by atoms with van der Waals surface area (Å²) < 4.78 is 1.77. The van der Waals surface area contributed by atoms with Crippen molar-refractivity contribution in [3.05, 3.63) is 18.0 Å². The van der Waals surface area contributed by atoms with E-state index in [-0.39, 0.29) is 11.9 Å². The van der Waals surface area contributed by atoms with Gasteiger partial charge in [-0.3, -0.25) is 9.48 Å². The van der Waals surface area contributed by atoms with Gasteiger partial charge in [0.2, 0.25) is 5.91 Å². The van der Waals surface area contributed by atoms with Crippen molar-refractivity contribution in [1.82, 2.24) is 24.9 Å². The average molecular weight is 293 g/mol. The van der Waals surface area contributed by atoms with Gasteiger partial charge in [-0.1, -0.05) is 0 Å². The molecule has 21 heavy (non-hydrogen) atoms. The Kier molecular flexibility index (Phi) is 4.50. The van der Waals surface area contributed by atoms with Crippen LogP contribution in [-0.4, -0.2) is 64.7 Å². The second-order valence-corrected chi connectivity index (χ2v) is 5.78. The van der Waals surface area contributed by atoms with Crippen molar-refractivity contribution < 1.29 is 9.59 Å². The fourth-order valence-corrected chi connectivity index (χ4v) is 2.59. The van der Waals surface area contributed by atoms with Crippen molar-refractivity contribution in [2.24, 2.45) is 7.05 Å². The first kappa shape index (κ1) is 15.3. The van der Waals surface area contributed by atoms with E-state index < -0.39 is 6.04 Å². The topological polar surface area (TPSA) is 70.5 Å². The molecule has 0 unspecified atom stereocenters. The smallest absolute Gasteiger partial charge is 0.318 e. The number of hydrogen-bond donors (Lipinski definition) is 1. The van der Waals surface area contributed by atoms with E-state index in [9.17, 15) is 9.59 Å². The van der Waals surface area contributed by atoms with Crippen LogP contribution in [0.4, 0.5) is 4.79 Å². The lowest BCUT2D eigenvalue weighted by molar-refractivity contribution is -0.130. The van der Waals surface area contributed by atoms with Gasteiger partial charge in [0, 0.05) is 46.3 Å². The van der Waals surface area contributed by atoms with Crippen LogP contribution in [0.15, 0.2) is 12.4 Å². The van der Waals surface area contributed by atoms with Gasteiger partial charge < -0.3 is 15.1 Å². The zero-order valence-electron chi connectivity index (χ0n) is 13.0. The second-order valence-electron chi connectivity index (χ2n) is 5.78. The zero-order valence-corrected chi connectivity index (χ0v) is 13.0. The first-order chi connectivity index (χ1) is 9.88. The first-order valence-electron chi connectivity index (χ1n) is 7.13. The average Bonchev–Trinajstić information content (AvgIpc) is 3.05. The Morgan fingerprint density at radius 2 is 2.19 bits per heavy atom. The quantitative estimate of drug-likeness (QED) is 0.876. The van der Waals surface area contributed by atoms with Crippen molar-refractivity contribution in [3.8, 4) is 0 Å². The molecule has 1 N–H and O–H groups in total. The molecule has 1 fully saturated rings. The molecule has 116 valence electrons. The van der Waals surface area contributed by atoms with Crippen LogP contribution in [0.5, 0.6) is 0 Å². The van der Waals surface area contributed by atoms with E-state index in [0.717, 1.165) is 12.0 Å². The van der Waals surface area contributed by atoms with Gasteiger partial charge in [0.25, 0.3) is 0 Å². The molecule has 2 rings (SSSR count). The maximum absolute atomic E-state index is 12.2. The lowest BCUT2D eigenvalue weighted by atomic mass is 10.0. The highest BCUT2D eigenvalue weighted by Crippen LogP contribution is 2.26. The Balaban J connectivity index is 1.89. The number of carbonyl (C=O) groups is 2. The van der Waals surface area contributed by atoms with E-state index in [1.54, 1.807) is 30.6 Å². The third-order valence-electron chi connectivity index (χ3n) is 3.82. The van der Waals surface area contributed by atoms with Gasteiger partial charge in [0.1, 0.15) is 6.04 Å². The molecule has 2 atom stereocenters. The molecule has 3 amide bonds. The van der Waals surface area contributed by atoms with E-state index in [0.29, 0.717) is 19.0 Å². The summed E-state index contributed by atoms with van der Waals surface area (Å²) in [7, 11) is 5.25. The van der Waals surface area contributed by atoms with Crippen LogP contribution in [0.1, 0.15) is 24.8 Å². The summed E-state index contributed by atoms with van der Waals surface area (Å²) in [6, 6.07) is -0.686. The van der Waals surface area contributed by atoms with Crippen LogP contribution in [-0.2, 0) is 11.8 Å². The number of hydrogen-bond acceptors (Lipinski definition) is 3. The number of likely N-dealkylation sites (tertiary alicyclic amines) is 1. The Morgan fingerprint density at radius 3 is 2.76 bits per heavy atom. The lowest BCUT2D eigenvalue weighted by Crippen LogP contribution is -2.48. The largest absolute Gasteiger partial charge is 0.347 e. The maximum Gasteiger partial charge on any atom is 0.318 e. The SMILES string of the molecule is C[C@H](NC(=O)N1CC[C@H](c2cnn(C)c2)C1)C(=O)N(C)C.